The van der Waals surface area contributed by atoms with E-state index in [1.54, 1.807) is 18.0 Å². The van der Waals surface area contributed by atoms with Crippen molar-refractivity contribution < 1.29 is 23.5 Å². The molecule has 0 bridgehead atoms. The Kier molecular flexibility index (Phi) is 7.87. The van der Waals surface area contributed by atoms with Crippen molar-refractivity contribution in [3.63, 3.8) is 0 Å². The number of rotatable bonds is 8. The van der Waals surface area contributed by atoms with E-state index in [9.17, 15) is 14.4 Å². The van der Waals surface area contributed by atoms with Crippen LogP contribution in [0.1, 0.15) is 48.7 Å². The van der Waals surface area contributed by atoms with Crippen molar-refractivity contribution in [3.05, 3.63) is 60.1 Å². The summed E-state index contributed by atoms with van der Waals surface area (Å²) in [6.45, 7) is 1.88. The lowest BCUT2D eigenvalue weighted by atomic mass is 9.87. The van der Waals surface area contributed by atoms with Crippen LogP contribution in [0.25, 0.3) is 0 Å². The van der Waals surface area contributed by atoms with Crippen LogP contribution in [0.15, 0.2) is 53.1 Å². The van der Waals surface area contributed by atoms with Crippen molar-refractivity contribution in [2.75, 3.05) is 13.7 Å². The molecule has 1 fully saturated rings. The molecule has 1 aromatic carbocycles. The summed E-state index contributed by atoms with van der Waals surface area (Å²) in [4.78, 5) is 39.4. The van der Waals surface area contributed by atoms with Gasteiger partial charge in [-0.25, -0.2) is 4.79 Å². The van der Waals surface area contributed by atoms with E-state index < -0.39 is 17.9 Å². The third-order valence-corrected chi connectivity index (χ3v) is 5.88. The number of nitrogens with zero attached hydrogens (tertiary/aromatic N) is 1. The van der Waals surface area contributed by atoms with Gasteiger partial charge < -0.3 is 19.4 Å². The lowest BCUT2D eigenvalue weighted by Crippen LogP contribution is -2.45. The van der Waals surface area contributed by atoms with Gasteiger partial charge in [-0.3, -0.25) is 9.59 Å². The molecular formula is C24H30N2O5. The van der Waals surface area contributed by atoms with Gasteiger partial charge in [-0.1, -0.05) is 37.3 Å². The third-order valence-electron chi connectivity index (χ3n) is 5.88. The van der Waals surface area contributed by atoms with Crippen LogP contribution in [0, 0.1) is 5.92 Å². The minimum atomic E-state index is -0.936. The Hall–Kier alpha value is -3.09. The maximum atomic E-state index is 12.8. The Labute approximate surface area is 182 Å². The quantitative estimate of drug-likeness (QED) is 0.655. The highest BCUT2D eigenvalue weighted by atomic mass is 16.5. The van der Waals surface area contributed by atoms with Crippen molar-refractivity contribution in [2.24, 2.45) is 5.92 Å². The molecule has 0 aliphatic heterocycles. The summed E-state index contributed by atoms with van der Waals surface area (Å²) in [5.74, 6) is -0.601. The molecule has 2 aromatic rings. The van der Waals surface area contributed by atoms with Crippen LogP contribution in [0.2, 0.25) is 0 Å². The Bertz CT molecular complexity index is 857. The first-order chi connectivity index (χ1) is 14.9. The average Bonchev–Trinajstić information content (AvgIpc) is 3.32. The molecule has 1 atom stereocenters. The fourth-order valence-electron chi connectivity index (χ4n) is 3.85. The Morgan fingerprint density at radius 2 is 1.81 bits per heavy atom. The molecule has 0 spiro atoms. The van der Waals surface area contributed by atoms with Gasteiger partial charge >= 0.3 is 5.97 Å². The largest absolute Gasteiger partial charge is 0.459 e. The van der Waals surface area contributed by atoms with Crippen LogP contribution >= 0.6 is 0 Å². The van der Waals surface area contributed by atoms with E-state index >= 15 is 0 Å². The van der Waals surface area contributed by atoms with Gasteiger partial charge in [-0.05, 0) is 49.3 Å². The predicted molar refractivity (Wildman–Crippen MR) is 115 cm³/mol. The molecular weight excluding hydrogens is 396 g/mol. The highest BCUT2D eigenvalue weighted by Crippen LogP contribution is 2.26. The zero-order valence-corrected chi connectivity index (χ0v) is 18.1. The van der Waals surface area contributed by atoms with Gasteiger partial charge in [-0.15, -0.1) is 0 Å². The molecule has 1 saturated carbocycles. The first-order valence-electron chi connectivity index (χ1n) is 10.7. The SMILES string of the molecule is CC1CCC(N(C)C(=O)COC(=O)C(Cc2ccccc2)NC(=O)c2ccco2)CC1. The standard InChI is InChI=1S/C24H30N2O5/c1-17-10-12-19(13-11-17)26(2)22(27)16-31-24(29)20(15-18-7-4-3-5-8-18)25-23(28)21-9-6-14-30-21/h3-9,14,17,19-20H,10-13,15-16H2,1-2H3,(H,25,28). The van der Waals surface area contributed by atoms with E-state index in [0.717, 1.165) is 31.2 Å². The van der Waals surface area contributed by atoms with E-state index in [-0.39, 0.29) is 30.7 Å². The summed E-state index contributed by atoms with van der Waals surface area (Å²) in [5, 5.41) is 2.66. The second-order valence-electron chi connectivity index (χ2n) is 8.22. The number of amides is 2. The fourth-order valence-corrected chi connectivity index (χ4v) is 3.85. The lowest BCUT2D eigenvalue weighted by Gasteiger charge is -2.33. The number of ether oxygens (including phenoxy) is 1. The van der Waals surface area contributed by atoms with Crippen molar-refractivity contribution in [2.45, 2.75) is 51.1 Å². The van der Waals surface area contributed by atoms with Crippen LogP contribution in [-0.4, -0.2) is 48.4 Å². The molecule has 166 valence electrons. The van der Waals surface area contributed by atoms with Gasteiger partial charge in [0.1, 0.15) is 6.04 Å². The van der Waals surface area contributed by atoms with E-state index in [0.29, 0.717) is 5.92 Å². The molecule has 1 unspecified atom stereocenters. The van der Waals surface area contributed by atoms with Crippen molar-refractivity contribution in [1.82, 2.24) is 10.2 Å². The van der Waals surface area contributed by atoms with Crippen molar-refractivity contribution in [1.29, 1.82) is 0 Å². The summed E-state index contributed by atoms with van der Waals surface area (Å²) in [6.07, 6.45) is 5.76. The predicted octanol–water partition coefficient (Wildman–Crippen LogP) is 3.20. The molecule has 1 heterocycles. The van der Waals surface area contributed by atoms with Crippen LogP contribution in [-0.2, 0) is 20.7 Å². The van der Waals surface area contributed by atoms with Gasteiger partial charge in [0.15, 0.2) is 12.4 Å². The fraction of sp³-hybridized carbons (Fsp3) is 0.458. The third kappa shape index (κ3) is 6.44. The number of hydrogen-bond acceptors (Lipinski definition) is 5. The summed E-state index contributed by atoms with van der Waals surface area (Å²) >= 11 is 0. The van der Waals surface area contributed by atoms with Gasteiger partial charge in [0.05, 0.1) is 6.26 Å². The van der Waals surface area contributed by atoms with E-state index in [1.165, 1.54) is 12.3 Å². The normalized spacial score (nSPS) is 19.3. The number of esters is 1. The van der Waals surface area contributed by atoms with Gasteiger partial charge in [0.25, 0.3) is 11.8 Å². The molecule has 0 radical (unpaired) electrons. The second kappa shape index (κ2) is 10.8. The molecule has 1 N–H and O–H groups in total. The van der Waals surface area contributed by atoms with Crippen molar-refractivity contribution >= 4 is 17.8 Å². The Balaban J connectivity index is 1.59. The average molecular weight is 427 g/mol. The maximum Gasteiger partial charge on any atom is 0.329 e. The molecule has 3 rings (SSSR count). The highest BCUT2D eigenvalue weighted by Gasteiger charge is 2.28. The van der Waals surface area contributed by atoms with E-state index in [1.807, 2.05) is 30.3 Å². The zero-order chi connectivity index (χ0) is 22.2. The first-order valence-corrected chi connectivity index (χ1v) is 10.7. The second-order valence-corrected chi connectivity index (χ2v) is 8.22. The summed E-state index contributed by atoms with van der Waals surface area (Å²) in [6, 6.07) is 11.7. The maximum absolute atomic E-state index is 12.8. The molecule has 0 saturated heterocycles. The molecule has 2 amide bonds. The molecule has 7 heteroatoms. The van der Waals surface area contributed by atoms with Crippen LogP contribution in [0.5, 0.6) is 0 Å². The minimum Gasteiger partial charge on any atom is -0.459 e. The Morgan fingerprint density at radius 1 is 1.10 bits per heavy atom. The van der Waals surface area contributed by atoms with Gasteiger partial charge in [0, 0.05) is 19.5 Å². The number of benzene rings is 1. The molecule has 31 heavy (non-hydrogen) atoms. The highest BCUT2D eigenvalue weighted by molar-refractivity contribution is 5.94. The summed E-state index contributed by atoms with van der Waals surface area (Å²) < 4.78 is 10.4. The summed E-state index contributed by atoms with van der Waals surface area (Å²) in [7, 11) is 1.76. The minimum absolute atomic E-state index is 0.105. The molecule has 7 nitrogen and oxygen atoms in total. The Morgan fingerprint density at radius 3 is 2.45 bits per heavy atom. The molecule has 1 aliphatic carbocycles. The van der Waals surface area contributed by atoms with Gasteiger partial charge in [0.2, 0.25) is 0 Å². The first kappa shape index (κ1) is 22.6. The number of likely N-dealkylation sites (N-methyl/N-ethyl adjacent to an activating group) is 1. The number of hydrogen-bond donors (Lipinski definition) is 1. The number of carbonyl (C=O) groups excluding carboxylic acids is 3. The number of furan rings is 1. The molecule has 1 aliphatic rings. The van der Waals surface area contributed by atoms with Crippen LogP contribution < -0.4 is 5.32 Å². The van der Waals surface area contributed by atoms with Crippen LogP contribution in [0.4, 0.5) is 0 Å². The smallest absolute Gasteiger partial charge is 0.329 e. The van der Waals surface area contributed by atoms with Crippen molar-refractivity contribution in [3.8, 4) is 0 Å². The number of carbonyl (C=O) groups is 3. The van der Waals surface area contributed by atoms with E-state index in [4.69, 9.17) is 9.15 Å². The zero-order valence-electron chi connectivity index (χ0n) is 18.1. The monoisotopic (exact) mass is 426 g/mol. The number of nitrogens with one attached hydrogen (secondary N) is 1. The molecule has 1 aromatic heterocycles. The topological polar surface area (TPSA) is 88.9 Å². The summed E-state index contributed by atoms with van der Waals surface area (Å²) in [5.41, 5.74) is 0.865. The van der Waals surface area contributed by atoms with E-state index in [2.05, 4.69) is 12.2 Å². The lowest BCUT2D eigenvalue weighted by molar-refractivity contribution is -0.154. The van der Waals surface area contributed by atoms with Crippen LogP contribution in [0.3, 0.4) is 0 Å². The van der Waals surface area contributed by atoms with Gasteiger partial charge in [-0.2, -0.15) is 0 Å².